The molecular formula is C20H29BrIN5O. The molecular weight excluding hydrogens is 533 g/mol. The number of morpholine rings is 1. The van der Waals surface area contributed by atoms with Gasteiger partial charge in [0.05, 0.1) is 19.3 Å². The van der Waals surface area contributed by atoms with Gasteiger partial charge in [0, 0.05) is 48.8 Å². The van der Waals surface area contributed by atoms with E-state index in [0.717, 1.165) is 35.6 Å². The highest BCUT2D eigenvalue weighted by molar-refractivity contribution is 14.0. The summed E-state index contributed by atoms with van der Waals surface area (Å²) in [6, 6.07) is 8.38. The number of halogens is 2. The SMILES string of the molecule is CN=C(NCC(C)(C)c1ccccc1Br)N1CCOC(c2cnn(C)c2)C1.I. The van der Waals surface area contributed by atoms with E-state index in [1.807, 2.05) is 37.2 Å². The summed E-state index contributed by atoms with van der Waals surface area (Å²) in [4.78, 5) is 6.77. The van der Waals surface area contributed by atoms with Gasteiger partial charge in [0.2, 0.25) is 0 Å². The molecule has 1 saturated heterocycles. The average molecular weight is 562 g/mol. The maximum absolute atomic E-state index is 5.95. The van der Waals surface area contributed by atoms with Gasteiger partial charge in [0.25, 0.3) is 0 Å². The lowest BCUT2D eigenvalue weighted by atomic mass is 9.84. The fourth-order valence-corrected chi connectivity index (χ4v) is 4.21. The summed E-state index contributed by atoms with van der Waals surface area (Å²) >= 11 is 3.68. The molecule has 2 aromatic rings. The maximum Gasteiger partial charge on any atom is 0.193 e. The molecule has 0 radical (unpaired) electrons. The minimum absolute atomic E-state index is 0. The third-order valence-corrected chi connectivity index (χ3v) is 5.66. The Balaban J connectivity index is 0.00000280. The minimum Gasteiger partial charge on any atom is -0.370 e. The Hall–Kier alpha value is -1.13. The average Bonchev–Trinajstić information content (AvgIpc) is 3.09. The largest absolute Gasteiger partial charge is 0.370 e. The van der Waals surface area contributed by atoms with Crippen molar-refractivity contribution in [2.75, 3.05) is 33.3 Å². The number of aromatic nitrogens is 2. The number of hydrogen-bond donors (Lipinski definition) is 1. The Morgan fingerprint density at radius 1 is 1.39 bits per heavy atom. The minimum atomic E-state index is -0.0366. The van der Waals surface area contributed by atoms with E-state index in [1.54, 1.807) is 0 Å². The first kappa shape index (κ1) is 23.2. The van der Waals surface area contributed by atoms with Crippen molar-refractivity contribution >= 4 is 45.9 Å². The number of guanidine groups is 1. The molecule has 0 saturated carbocycles. The van der Waals surface area contributed by atoms with Gasteiger partial charge in [-0.2, -0.15) is 5.10 Å². The van der Waals surface area contributed by atoms with Crippen LogP contribution in [0.2, 0.25) is 0 Å². The first-order valence-electron chi connectivity index (χ1n) is 9.21. The summed E-state index contributed by atoms with van der Waals surface area (Å²) in [6.07, 6.45) is 3.91. The number of ether oxygens (including phenoxy) is 1. The Labute approximate surface area is 192 Å². The molecule has 1 unspecified atom stereocenters. The number of hydrogen-bond acceptors (Lipinski definition) is 3. The zero-order valence-corrected chi connectivity index (χ0v) is 20.8. The van der Waals surface area contributed by atoms with Crippen LogP contribution in [0.4, 0.5) is 0 Å². The molecule has 6 nitrogen and oxygen atoms in total. The van der Waals surface area contributed by atoms with Crippen LogP contribution in [0.1, 0.15) is 31.1 Å². The molecule has 1 fully saturated rings. The van der Waals surface area contributed by atoms with E-state index in [0.29, 0.717) is 6.61 Å². The fraction of sp³-hybridized carbons (Fsp3) is 0.500. The molecule has 0 spiro atoms. The summed E-state index contributed by atoms with van der Waals surface area (Å²) in [5.41, 5.74) is 2.35. The van der Waals surface area contributed by atoms with Gasteiger partial charge >= 0.3 is 0 Å². The Kier molecular flexibility index (Phi) is 8.32. The van der Waals surface area contributed by atoms with E-state index < -0.39 is 0 Å². The van der Waals surface area contributed by atoms with E-state index in [4.69, 9.17) is 4.74 Å². The second-order valence-electron chi connectivity index (χ2n) is 7.52. The zero-order chi connectivity index (χ0) is 19.4. The van der Waals surface area contributed by atoms with Crippen LogP contribution in [0.25, 0.3) is 0 Å². The lowest BCUT2D eigenvalue weighted by Crippen LogP contribution is -2.50. The number of benzene rings is 1. The summed E-state index contributed by atoms with van der Waals surface area (Å²) in [5, 5.41) is 7.82. The fourth-order valence-electron chi connectivity index (χ4n) is 3.39. The van der Waals surface area contributed by atoms with Gasteiger partial charge in [-0.25, -0.2) is 0 Å². The standard InChI is InChI=1S/C20H28BrN5O.HI/c1-20(2,16-7-5-6-8-17(16)21)14-23-19(22-3)26-9-10-27-18(13-26)15-11-24-25(4)12-15;/h5-8,11-12,18H,9-10,13-14H2,1-4H3,(H,22,23);1H. The second-order valence-corrected chi connectivity index (χ2v) is 8.37. The number of nitrogens with zero attached hydrogens (tertiary/aromatic N) is 4. The molecule has 2 heterocycles. The molecule has 0 amide bonds. The van der Waals surface area contributed by atoms with Crippen LogP contribution in [0.5, 0.6) is 0 Å². The van der Waals surface area contributed by atoms with E-state index in [9.17, 15) is 0 Å². The van der Waals surface area contributed by atoms with Gasteiger partial charge in [0.15, 0.2) is 5.96 Å². The molecule has 1 atom stereocenters. The molecule has 1 aliphatic rings. The van der Waals surface area contributed by atoms with Crippen molar-refractivity contribution < 1.29 is 4.74 Å². The summed E-state index contributed by atoms with van der Waals surface area (Å²) in [5.74, 6) is 0.910. The van der Waals surface area contributed by atoms with Crippen LogP contribution >= 0.6 is 39.9 Å². The quantitative estimate of drug-likeness (QED) is 0.351. The predicted molar refractivity (Wildman–Crippen MR) is 127 cm³/mol. The van der Waals surface area contributed by atoms with Crippen molar-refractivity contribution in [1.29, 1.82) is 0 Å². The normalized spacial score (nSPS) is 18.0. The van der Waals surface area contributed by atoms with E-state index in [2.05, 4.69) is 68.3 Å². The first-order valence-corrected chi connectivity index (χ1v) is 10.0. The zero-order valence-electron chi connectivity index (χ0n) is 16.9. The van der Waals surface area contributed by atoms with Crippen molar-refractivity contribution in [1.82, 2.24) is 20.0 Å². The summed E-state index contributed by atoms with van der Waals surface area (Å²) < 4.78 is 8.89. The van der Waals surface area contributed by atoms with Gasteiger partial charge in [-0.1, -0.05) is 48.0 Å². The van der Waals surface area contributed by atoms with Crippen LogP contribution < -0.4 is 5.32 Å². The van der Waals surface area contributed by atoms with E-state index in [-0.39, 0.29) is 35.5 Å². The van der Waals surface area contributed by atoms with Crippen molar-refractivity contribution in [3.63, 3.8) is 0 Å². The third-order valence-electron chi connectivity index (χ3n) is 4.97. The highest BCUT2D eigenvalue weighted by Crippen LogP contribution is 2.29. The molecule has 28 heavy (non-hydrogen) atoms. The first-order chi connectivity index (χ1) is 12.9. The molecule has 8 heteroatoms. The molecule has 1 N–H and O–H groups in total. The van der Waals surface area contributed by atoms with Crippen LogP contribution in [0.15, 0.2) is 46.1 Å². The highest BCUT2D eigenvalue weighted by atomic mass is 127. The number of nitrogens with one attached hydrogen (secondary N) is 1. The molecule has 1 aliphatic heterocycles. The van der Waals surface area contributed by atoms with Crippen LogP contribution in [0.3, 0.4) is 0 Å². The second kappa shape index (κ2) is 10.1. The van der Waals surface area contributed by atoms with Crippen molar-refractivity contribution in [3.8, 4) is 0 Å². The molecule has 154 valence electrons. The van der Waals surface area contributed by atoms with Gasteiger partial charge in [-0.05, 0) is 11.6 Å². The summed E-state index contributed by atoms with van der Waals surface area (Å²) in [6.45, 7) is 7.54. The van der Waals surface area contributed by atoms with E-state index in [1.165, 1.54) is 5.56 Å². The van der Waals surface area contributed by atoms with Gasteiger partial charge < -0.3 is 15.0 Å². The van der Waals surface area contributed by atoms with Gasteiger partial charge in [-0.15, -0.1) is 24.0 Å². The Morgan fingerprint density at radius 2 is 2.14 bits per heavy atom. The lowest BCUT2D eigenvalue weighted by Gasteiger charge is -2.36. The van der Waals surface area contributed by atoms with Crippen LogP contribution in [-0.2, 0) is 17.2 Å². The smallest absolute Gasteiger partial charge is 0.193 e. The number of aryl methyl sites for hydroxylation is 1. The summed E-state index contributed by atoms with van der Waals surface area (Å²) in [7, 11) is 3.76. The van der Waals surface area contributed by atoms with Crippen LogP contribution in [-0.4, -0.2) is 53.9 Å². The Bertz CT molecular complexity index is 807. The maximum atomic E-state index is 5.95. The van der Waals surface area contributed by atoms with Gasteiger partial charge in [0.1, 0.15) is 6.10 Å². The van der Waals surface area contributed by atoms with Crippen molar-refractivity contribution in [2.45, 2.75) is 25.4 Å². The van der Waals surface area contributed by atoms with Crippen LogP contribution in [0, 0.1) is 0 Å². The molecule has 0 aliphatic carbocycles. The highest BCUT2D eigenvalue weighted by Gasteiger charge is 2.27. The lowest BCUT2D eigenvalue weighted by molar-refractivity contribution is -0.00808. The topological polar surface area (TPSA) is 54.7 Å². The molecule has 1 aromatic heterocycles. The predicted octanol–water partition coefficient (Wildman–Crippen LogP) is 3.73. The van der Waals surface area contributed by atoms with Crippen molar-refractivity contribution in [2.24, 2.45) is 12.0 Å². The van der Waals surface area contributed by atoms with Crippen molar-refractivity contribution in [3.05, 3.63) is 52.3 Å². The molecule has 1 aromatic carbocycles. The monoisotopic (exact) mass is 561 g/mol. The molecule has 3 rings (SSSR count). The Morgan fingerprint density at radius 3 is 2.79 bits per heavy atom. The van der Waals surface area contributed by atoms with Gasteiger partial charge in [-0.3, -0.25) is 9.67 Å². The third kappa shape index (κ3) is 5.48. The number of rotatable bonds is 4. The van der Waals surface area contributed by atoms with E-state index >= 15 is 0 Å². The molecule has 0 bridgehead atoms. The number of aliphatic imine (C=N–C) groups is 1.